The van der Waals surface area contributed by atoms with Crippen LogP contribution in [0, 0.1) is 18.8 Å². The number of benzene rings is 1. The zero-order valence-electron chi connectivity index (χ0n) is 12.0. The predicted molar refractivity (Wildman–Crippen MR) is 82.4 cm³/mol. The van der Waals surface area contributed by atoms with Crippen LogP contribution in [0.4, 0.5) is 0 Å². The Labute approximate surface area is 128 Å². The first-order valence-corrected chi connectivity index (χ1v) is 7.50. The summed E-state index contributed by atoms with van der Waals surface area (Å²) in [6.45, 7) is 2.39. The van der Waals surface area contributed by atoms with Crippen LogP contribution < -0.4 is 4.74 Å². The predicted octanol–water partition coefficient (Wildman–Crippen LogP) is 1.64. The van der Waals surface area contributed by atoms with E-state index in [-0.39, 0.29) is 6.61 Å². The molecule has 0 spiro atoms. The number of aliphatic hydroxyl groups is 1. The number of rotatable bonds is 5. The molecule has 0 atom stereocenters. The normalized spacial score (nSPS) is 10.0. The third kappa shape index (κ3) is 4.52. The van der Waals surface area contributed by atoms with Crippen molar-refractivity contribution < 1.29 is 9.84 Å². The van der Waals surface area contributed by atoms with Crippen LogP contribution in [0.1, 0.15) is 11.4 Å². The van der Waals surface area contributed by atoms with Crippen LogP contribution in [0.15, 0.2) is 29.4 Å². The van der Waals surface area contributed by atoms with Crippen LogP contribution in [0.2, 0.25) is 0 Å². The zero-order valence-corrected chi connectivity index (χ0v) is 12.9. The fourth-order valence-electron chi connectivity index (χ4n) is 1.58. The van der Waals surface area contributed by atoms with Gasteiger partial charge >= 0.3 is 0 Å². The quantitative estimate of drug-likeness (QED) is 0.517. The van der Waals surface area contributed by atoms with Gasteiger partial charge in [-0.15, -0.1) is 10.2 Å². The second-order valence-electron chi connectivity index (χ2n) is 4.27. The minimum Gasteiger partial charge on any atom is -0.493 e. The Kier molecular flexibility index (Phi) is 5.67. The van der Waals surface area contributed by atoms with Crippen molar-refractivity contribution in [1.29, 1.82) is 0 Å². The first kappa shape index (κ1) is 15.4. The largest absolute Gasteiger partial charge is 0.493 e. The Morgan fingerprint density at radius 2 is 2.05 bits per heavy atom. The van der Waals surface area contributed by atoms with Crippen molar-refractivity contribution in [2.45, 2.75) is 12.1 Å². The lowest BCUT2D eigenvalue weighted by molar-refractivity contribution is 0.344. The van der Waals surface area contributed by atoms with Crippen molar-refractivity contribution in [1.82, 2.24) is 14.8 Å². The van der Waals surface area contributed by atoms with Gasteiger partial charge < -0.3 is 14.4 Å². The molecule has 1 aromatic carbocycles. The molecule has 5 nitrogen and oxygen atoms in total. The molecule has 1 heterocycles. The van der Waals surface area contributed by atoms with Gasteiger partial charge in [0.1, 0.15) is 18.2 Å². The molecule has 0 fully saturated rings. The number of ether oxygens (including phenoxy) is 1. The monoisotopic (exact) mass is 303 g/mol. The molecule has 2 aromatic rings. The lowest BCUT2D eigenvalue weighted by Gasteiger charge is -2.06. The van der Waals surface area contributed by atoms with Gasteiger partial charge in [0.25, 0.3) is 0 Å². The number of hydrogen-bond acceptors (Lipinski definition) is 5. The molecule has 0 bridgehead atoms. The fourth-order valence-corrected chi connectivity index (χ4v) is 2.36. The first-order chi connectivity index (χ1) is 10.2. The van der Waals surface area contributed by atoms with Gasteiger partial charge in [-0.25, -0.2) is 0 Å². The van der Waals surface area contributed by atoms with Crippen molar-refractivity contribution in [2.75, 3.05) is 19.0 Å². The van der Waals surface area contributed by atoms with Crippen LogP contribution in [0.25, 0.3) is 0 Å². The molecule has 0 aliphatic heterocycles. The lowest BCUT2D eigenvalue weighted by Crippen LogP contribution is -2.02. The Morgan fingerprint density at radius 3 is 2.67 bits per heavy atom. The maximum absolute atomic E-state index is 8.63. The summed E-state index contributed by atoms with van der Waals surface area (Å²) in [5.41, 5.74) is 0.861. The van der Waals surface area contributed by atoms with Crippen LogP contribution in [-0.4, -0.2) is 38.8 Å². The highest BCUT2D eigenvalue weighted by atomic mass is 32.2. The van der Waals surface area contributed by atoms with Gasteiger partial charge in [-0.3, -0.25) is 0 Å². The summed E-state index contributed by atoms with van der Waals surface area (Å²) in [4.78, 5) is 0. The van der Waals surface area contributed by atoms with Gasteiger partial charge in [0.15, 0.2) is 5.16 Å². The third-order valence-electron chi connectivity index (χ3n) is 2.80. The fraction of sp³-hybridized carbons (Fsp3) is 0.333. The molecule has 2 rings (SSSR count). The second kappa shape index (κ2) is 7.72. The molecule has 0 radical (unpaired) electrons. The van der Waals surface area contributed by atoms with E-state index in [4.69, 9.17) is 9.84 Å². The van der Waals surface area contributed by atoms with Gasteiger partial charge in [0, 0.05) is 18.4 Å². The average molecular weight is 303 g/mol. The number of nitrogens with zero attached hydrogens (tertiary/aromatic N) is 3. The molecule has 6 heteroatoms. The van der Waals surface area contributed by atoms with E-state index in [1.54, 1.807) is 11.8 Å². The Bertz CT molecular complexity index is 641. The second-order valence-corrected chi connectivity index (χ2v) is 5.33. The minimum atomic E-state index is -0.128. The first-order valence-electron chi connectivity index (χ1n) is 6.52. The molecular formula is C15H17N3O2S. The number of aryl methyl sites for hydroxylation is 1. The summed E-state index contributed by atoms with van der Waals surface area (Å²) in [5, 5.41) is 17.6. The standard InChI is InChI=1S/C15H17N3O2S/c1-12-16-17-15(18(12)2)21-11-10-20-14-7-5-13(6-8-14)4-3-9-19/h5-8,19H,9-11H2,1-2H3. The average Bonchev–Trinajstić information content (AvgIpc) is 2.82. The Hall–Kier alpha value is -1.97. The van der Waals surface area contributed by atoms with Crippen LogP contribution >= 0.6 is 11.8 Å². The molecule has 0 aliphatic carbocycles. The number of thioether (sulfide) groups is 1. The number of aromatic nitrogens is 3. The Morgan fingerprint density at radius 1 is 1.29 bits per heavy atom. The Balaban J connectivity index is 1.77. The minimum absolute atomic E-state index is 0.128. The van der Waals surface area contributed by atoms with Crippen molar-refractivity contribution in [2.24, 2.45) is 7.05 Å². The highest BCUT2D eigenvalue weighted by molar-refractivity contribution is 7.99. The van der Waals surface area contributed by atoms with E-state index >= 15 is 0 Å². The molecule has 0 aliphatic rings. The van der Waals surface area contributed by atoms with Crippen LogP contribution in [0.5, 0.6) is 5.75 Å². The van der Waals surface area contributed by atoms with Crippen molar-refractivity contribution >= 4 is 11.8 Å². The van der Waals surface area contributed by atoms with E-state index in [1.165, 1.54) is 0 Å². The van der Waals surface area contributed by atoms with Crippen LogP contribution in [-0.2, 0) is 7.05 Å². The summed E-state index contributed by atoms with van der Waals surface area (Å²) in [5.74, 6) is 7.96. The van der Waals surface area contributed by atoms with Crippen LogP contribution in [0.3, 0.4) is 0 Å². The summed E-state index contributed by atoms with van der Waals surface area (Å²) in [7, 11) is 1.95. The number of hydrogen-bond donors (Lipinski definition) is 1. The summed E-state index contributed by atoms with van der Waals surface area (Å²) in [6.07, 6.45) is 0. The van der Waals surface area contributed by atoms with E-state index in [1.807, 2.05) is 42.8 Å². The molecule has 0 saturated heterocycles. The molecule has 1 aromatic heterocycles. The van der Waals surface area contributed by atoms with Gasteiger partial charge in [-0.2, -0.15) is 0 Å². The lowest BCUT2D eigenvalue weighted by atomic mass is 10.2. The number of aliphatic hydroxyl groups excluding tert-OH is 1. The molecule has 0 saturated carbocycles. The molecule has 1 N–H and O–H groups in total. The van der Waals surface area contributed by atoms with Crippen molar-refractivity contribution in [3.63, 3.8) is 0 Å². The van der Waals surface area contributed by atoms with E-state index < -0.39 is 0 Å². The maximum Gasteiger partial charge on any atom is 0.191 e. The summed E-state index contributed by atoms with van der Waals surface area (Å²) in [6, 6.07) is 7.49. The van der Waals surface area contributed by atoms with Crippen molar-refractivity contribution in [3.8, 4) is 17.6 Å². The van der Waals surface area contributed by atoms with Gasteiger partial charge in [-0.05, 0) is 31.2 Å². The van der Waals surface area contributed by atoms with E-state index in [0.29, 0.717) is 6.61 Å². The highest BCUT2D eigenvalue weighted by Gasteiger charge is 2.04. The summed E-state index contributed by atoms with van der Waals surface area (Å²) < 4.78 is 7.62. The van der Waals surface area contributed by atoms with Gasteiger partial charge in [0.05, 0.1) is 6.61 Å². The smallest absolute Gasteiger partial charge is 0.191 e. The third-order valence-corrected chi connectivity index (χ3v) is 3.79. The molecule has 21 heavy (non-hydrogen) atoms. The van der Waals surface area contributed by atoms with E-state index in [9.17, 15) is 0 Å². The highest BCUT2D eigenvalue weighted by Crippen LogP contribution is 2.16. The van der Waals surface area contributed by atoms with Crippen molar-refractivity contribution in [3.05, 3.63) is 35.7 Å². The zero-order chi connectivity index (χ0) is 15.1. The van der Waals surface area contributed by atoms with E-state index in [0.717, 1.165) is 28.0 Å². The van der Waals surface area contributed by atoms with E-state index in [2.05, 4.69) is 22.0 Å². The van der Waals surface area contributed by atoms with Gasteiger partial charge in [0.2, 0.25) is 0 Å². The molecule has 0 unspecified atom stereocenters. The molecule has 110 valence electrons. The molecular weight excluding hydrogens is 286 g/mol. The SMILES string of the molecule is Cc1nnc(SCCOc2ccc(C#CCO)cc2)n1C. The summed E-state index contributed by atoms with van der Waals surface area (Å²) >= 11 is 1.62. The topological polar surface area (TPSA) is 60.2 Å². The van der Waals surface area contributed by atoms with Gasteiger partial charge in [-0.1, -0.05) is 23.6 Å². The maximum atomic E-state index is 8.63. The molecule has 0 amide bonds.